The summed E-state index contributed by atoms with van der Waals surface area (Å²) in [7, 11) is 1.61. The lowest BCUT2D eigenvalue weighted by molar-refractivity contribution is -0.0336. The molecule has 6 aromatic rings. The van der Waals surface area contributed by atoms with E-state index in [0.29, 0.717) is 60.0 Å². The lowest BCUT2D eigenvalue weighted by Gasteiger charge is -2.43. The largest absolute Gasteiger partial charge is 0.506 e. The van der Waals surface area contributed by atoms with Crippen molar-refractivity contribution in [1.82, 2.24) is 25.4 Å². The van der Waals surface area contributed by atoms with E-state index in [1.165, 1.54) is 12.1 Å². The molecule has 0 saturated carbocycles. The molecule has 4 heterocycles. The van der Waals surface area contributed by atoms with Crippen LogP contribution in [0, 0.1) is 5.92 Å². The summed E-state index contributed by atoms with van der Waals surface area (Å²) < 4.78 is 17.7. The number of phenols is 1. The number of phenolic OH excluding ortho intramolecular Hbond substituents is 1. The normalized spacial score (nSPS) is 17.6. The number of aliphatic hydroxyl groups is 1. The van der Waals surface area contributed by atoms with E-state index in [2.05, 4.69) is 20.5 Å². The minimum absolute atomic E-state index is 0.0659. The number of carbonyl (C=O) groups is 2. The van der Waals surface area contributed by atoms with Crippen LogP contribution in [-0.2, 0) is 17.9 Å². The van der Waals surface area contributed by atoms with Crippen molar-refractivity contribution in [2.45, 2.75) is 50.7 Å². The number of pyridine rings is 1. The molecule has 1 aromatic heterocycles. The van der Waals surface area contributed by atoms with E-state index in [9.17, 15) is 24.6 Å². The van der Waals surface area contributed by atoms with Crippen molar-refractivity contribution in [3.63, 3.8) is 0 Å². The van der Waals surface area contributed by atoms with Crippen molar-refractivity contribution >= 4 is 22.9 Å². The molecule has 5 aromatic carbocycles. The zero-order valence-electron chi connectivity index (χ0n) is 36.0. The predicted octanol–water partition coefficient (Wildman–Crippen LogP) is 7.09. The van der Waals surface area contributed by atoms with Gasteiger partial charge in [0.2, 0.25) is 5.56 Å². The zero-order valence-corrected chi connectivity index (χ0v) is 36.0. The highest BCUT2D eigenvalue weighted by molar-refractivity contribution is 5.94. The fourth-order valence-electron chi connectivity index (χ4n) is 8.75. The van der Waals surface area contributed by atoms with Crippen molar-refractivity contribution in [3.8, 4) is 17.2 Å². The van der Waals surface area contributed by atoms with Gasteiger partial charge in [-0.05, 0) is 121 Å². The van der Waals surface area contributed by atoms with Crippen LogP contribution in [0.25, 0.3) is 10.9 Å². The van der Waals surface area contributed by atoms with Gasteiger partial charge in [-0.2, -0.15) is 0 Å². The van der Waals surface area contributed by atoms with E-state index >= 15 is 0 Å². The van der Waals surface area contributed by atoms with Crippen LogP contribution >= 0.6 is 0 Å². The molecule has 3 saturated heterocycles. The number of aromatic hydroxyl groups is 1. The second kappa shape index (κ2) is 20.7. The number of nitrogens with zero attached hydrogens (tertiary/aromatic N) is 2. The maximum absolute atomic E-state index is 14.1. The number of aromatic nitrogens is 1. The first-order chi connectivity index (χ1) is 31.2. The number of amides is 2. The number of H-pyrrole nitrogens is 1. The van der Waals surface area contributed by atoms with E-state index in [-0.39, 0.29) is 42.0 Å². The van der Waals surface area contributed by atoms with Crippen LogP contribution in [0.5, 0.6) is 17.2 Å². The molecule has 1 unspecified atom stereocenters. The molecule has 2 bridgehead atoms. The first kappa shape index (κ1) is 44.0. The number of hydrogen-bond acceptors (Lipinski definition) is 10. The predicted molar refractivity (Wildman–Crippen MR) is 244 cm³/mol. The number of ether oxygens (including phenoxy) is 3. The molecule has 2 amide bonds. The topological polar surface area (TPSA) is 166 Å². The van der Waals surface area contributed by atoms with Gasteiger partial charge in [-0.15, -0.1) is 0 Å². The van der Waals surface area contributed by atoms with Crippen molar-refractivity contribution in [2.75, 3.05) is 46.4 Å². The van der Waals surface area contributed by atoms with Crippen LogP contribution < -0.4 is 25.7 Å². The molecular weight excluding hydrogens is 811 g/mol. The van der Waals surface area contributed by atoms with E-state index in [4.69, 9.17) is 14.2 Å². The Morgan fingerprint density at radius 3 is 2.39 bits per heavy atom. The van der Waals surface area contributed by atoms with Crippen molar-refractivity contribution in [1.29, 1.82) is 0 Å². The molecule has 3 fully saturated rings. The summed E-state index contributed by atoms with van der Waals surface area (Å²) in [5.41, 5.74) is 4.66. The van der Waals surface area contributed by atoms with Gasteiger partial charge in [0, 0.05) is 43.2 Å². The number of carbonyl (C=O) groups excluding carboxylic acids is 2. The number of benzene rings is 5. The number of aromatic amines is 1. The Bertz CT molecular complexity index is 2580. The second-order valence-corrected chi connectivity index (χ2v) is 16.6. The van der Waals surface area contributed by atoms with Crippen LogP contribution in [0.1, 0.15) is 69.6 Å². The van der Waals surface area contributed by atoms with Gasteiger partial charge in [-0.1, -0.05) is 72.8 Å². The average Bonchev–Trinajstić information content (AvgIpc) is 3.33. The Morgan fingerprint density at radius 1 is 0.859 bits per heavy atom. The molecular formula is C51H55N5O8. The molecule has 0 aliphatic carbocycles. The van der Waals surface area contributed by atoms with Gasteiger partial charge < -0.3 is 44.9 Å². The third-order valence-corrected chi connectivity index (χ3v) is 12.2. The maximum atomic E-state index is 14.1. The fourth-order valence-corrected chi connectivity index (χ4v) is 8.75. The highest BCUT2D eigenvalue weighted by Crippen LogP contribution is 2.32. The maximum Gasteiger partial charge on any atom is 0.408 e. The van der Waals surface area contributed by atoms with E-state index in [1.54, 1.807) is 24.1 Å². The van der Waals surface area contributed by atoms with Crippen LogP contribution in [0.4, 0.5) is 4.79 Å². The van der Waals surface area contributed by atoms with Crippen molar-refractivity contribution in [2.24, 2.45) is 5.92 Å². The minimum atomic E-state index is -0.895. The number of methoxy groups -OCH3 is 1. The summed E-state index contributed by atoms with van der Waals surface area (Å²) in [5.74, 6) is 1.56. The number of rotatable bonds is 18. The SMILES string of the molecule is COc1cccc(CN(CCCNC[C@@H](O)c2ccc(O)c3[nH]c(=O)ccc23)C(=O)c2ccc(COc3cccc(C(NC(=O)O[C@H]4CN5CCC4CC5)c4ccccc4)c3)cc2)c1. The molecule has 3 aliphatic heterocycles. The lowest BCUT2D eigenvalue weighted by atomic mass is 9.86. The van der Waals surface area contributed by atoms with Crippen LogP contribution in [-0.4, -0.2) is 89.5 Å². The first-order valence-electron chi connectivity index (χ1n) is 21.9. The van der Waals surface area contributed by atoms with E-state index < -0.39 is 18.2 Å². The van der Waals surface area contributed by atoms with Gasteiger partial charge in [0.05, 0.1) is 24.8 Å². The molecule has 9 rings (SSSR count). The number of fused-ring (bicyclic) bond motifs is 4. The molecule has 3 aliphatic rings. The quantitative estimate of drug-likeness (QED) is 0.0564. The Kier molecular flexibility index (Phi) is 14.2. The van der Waals surface area contributed by atoms with Crippen LogP contribution in [0.2, 0.25) is 0 Å². The average molecular weight is 866 g/mol. The zero-order chi connectivity index (χ0) is 44.4. The van der Waals surface area contributed by atoms with E-state index in [0.717, 1.165) is 54.7 Å². The minimum Gasteiger partial charge on any atom is -0.506 e. The summed E-state index contributed by atoms with van der Waals surface area (Å²) >= 11 is 0. The number of piperidine rings is 3. The third-order valence-electron chi connectivity index (χ3n) is 12.2. The number of aliphatic hydroxyl groups excluding tert-OH is 1. The number of nitrogens with one attached hydrogen (secondary N) is 3. The van der Waals surface area contributed by atoms with Crippen molar-refractivity contribution in [3.05, 3.63) is 171 Å². The molecule has 0 spiro atoms. The summed E-state index contributed by atoms with van der Waals surface area (Å²) in [4.78, 5) is 46.0. The fraction of sp³-hybridized carbons (Fsp3) is 0.314. The molecule has 64 heavy (non-hydrogen) atoms. The van der Waals surface area contributed by atoms with E-state index in [1.807, 2.05) is 103 Å². The molecule has 13 nitrogen and oxygen atoms in total. The van der Waals surface area contributed by atoms with Gasteiger partial charge >= 0.3 is 6.09 Å². The molecule has 13 heteroatoms. The summed E-state index contributed by atoms with van der Waals surface area (Å²) in [6, 6.07) is 38.2. The molecule has 5 N–H and O–H groups in total. The number of hydrogen-bond donors (Lipinski definition) is 5. The monoisotopic (exact) mass is 865 g/mol. The summed E-state index contributed by atoms with van der Waals surface area (Å²) in [6.45, 7) is 4.77. The Balaban J connectivity index is 0.885. The lowest BCUT2D eigenvalue weighted by Crippen LogP contribution is -2.52. The van der Waals surface area contributed by atoms with Crippen LogP contribution in [0.3, 0.4) is 0 Å². The smallest absolute Gasteiger partial charge is 0.408 e. The highest BCUT2D eigenvalue weighted by Gasteiger charge is 2.37. The summed E-state index contributed by atoms with van der Waals surface area (Å²) in [5, 5.41) is 28.2. The second-order valence-electron chi connectivity index (χ2n) is 16.6. The standard InChI is InChI=1S/C51H55N5O8/c1-62-40-12-5-8-35(28-40)31-56(25-7-24-52-30-45(58)42-18-20-44(57)49-43(42)19-21-47(59)53-49)50(60)38-16-14-34(15-17-38)33-63-41-13-6-11-39(29-41)48(37-9-3-2-4-10-37)54-51(61)64-46-32-55-26-22-36(46)23-27-55/h2-6,8-21,28-29,36,45-46,48,52,57-58H,7,22-27,30-33H2,1H3,(H,53,59)(H,54,61)/t45-,46+,48?/m1/s1. The number of alkyl carbamates (subject to hydrolysis) is 1. The Morgan fingerprint density at radius 2 is 1.62 bits per heavy atom. The molecule has 0 radical (unpaired) electrons. The Labute approximate surface area is 372 Å². The van der Waals surface area contributed by atoms with Crippen molar-refractivity contribution < 1.29 is 34.0 Å². The van der Waals surface area contributed by atoms with Gasteiger partial charge in [0.1, 0.15) is 30.0 Å². The summed E-state index contributed by atoms with van der Waals surface area (Å²) in [6.07, 6.45) is 1.31. The van der Waals surface area contributed by atoms with Gasteiger partial charge in [-0.3, -0.25) is 14.5 Å². The van der Waals surface area contributed by atoms with Gasteiger partial charge in [0.15, 0.2) is 0 Å². The van der Waals surface area contributed by atoms with Gasteiger partial charge in [-0.25, -0.2) is 4.79 Å². The first-order valence-corrected chi connectivity index (χ1v) is 21.9. The highest BCUT2D eigenvalue weighted by atomic mass is 16.6. The van der Waals surface area contributed by atoms with Crippen LogP contribution in [0.15, 0.2) is 132 Å². The Hall–Kier alpha value is -6.67. The van der Waals surface area contributed by atoms with Gasteiger partial charge in [0.25, 0.3) is 5.91 Å². The molecule has 332 valence electrons. The molecule has 3 atom stereocenters. The third kappa shape index (κ3) is 10.9.